The molecule has 4 heterocycles. The predicted molar refractivity (Wildman–Crippen MR) is 143 cm³/mol. The fourth-order valence-electron chi connectivity index (χ4n) is 5.44. The summed E-state index contributed by atoms with van der Waals surface area (Å²) in [5.41, 5.74) is 3.32. The number of fused-ring (bicyclic) bond motifs is 1. The van der Waals surface area contributed by atoms with Gasteiger partial charge in [0.15, 0.2) is 0 Å². The number of rotatable bonds is 5. The number of likely N-dealkylation sites (tertiary alicyclic amines) is 1. The van der Waals surface area contributed by atoms with E-state index in [4.69, 9.17) is 9.72 Å². The van der Waals surface area contributed by atoms with Crippen molar-refractivity contribution in [1.82, 2.24) is 24.8 Å². The number of aromatic nitrogens is 3. The second-order valence-corrected chi connectivity index (χ2v) is 10.5. The molecule has 9 heteroatoms. The van der Waals surface area contributed by atoms with Crippen molar-refractivity contribution in [3.63, 3.8) is 0 Å². The Morgan fingerprint density at radius 1 is 1.00 bits per heavy atom. The van der Waals surface area contributed by atoms with Crippen LogP contribution < -0.4 is 16.2 Å². The van der Waals surface area contributed by atoms with Crippen LogP contribution in [-0.4, -0.2) is 63.9 Å². The largest absolute Gasteiger partial charge is 0.381 e. The highest BCUT2D eigenvalue weighted by Gasteiger charge is 2.29. The van der Waals surface area contributed by atoms with E-state index in [1.54, 1.807) is 0 Å². The average molecular weight is 503 g/mol. The highest BCUT2D eigenvalue weighted by atomic mass is 16.5. The van der Waals surface area contributed by atoms with Crippen molar-refractivity contribution in [3.05, 3.63) is 52.4 Å². The smallest absolute Gasteiger partial charge is 0.317 e. The summed E-state index contributed by atoms with van der Waals surface area (Å²) in [6, 6.07) is 10.5. The Hall–Kier alpha value is -3.46. The summed E-state index contributed by atoms with van der Waals surface area (Å²) >= 11 is 0. The van der Waals surface area contributed by atoms with Crippen LogP contribution in [0.25, 0.3) is 22.2 Å². The van der Waals surface area contributed by atoms with E-state index >= 15 is 0 Å². The molecule has 1 aromatic carbocycles. The average Bonchev–Trinajstić information content (AvgIpc) is 3.74. The Morgan fingerprint density at radius 2 is 1.76 bits per heavy atom. The van der Waals surface area contributed by atoms with E-state index in [-0.39, 0.29) is 23.7 Å². The number of aryl methyl sites for hydroxylation is 1. The Balaban J connectivity index is 1.28. The minimum absolute atomic E-state index is 0.0201. The number of piperidine rings is 1. The van der Waals surface area contributed by atoms with E-state index < -0.39 is 0 Å². The number of nitrogens with one attached hydrogen (secondary N) is 2. The Bertz CT molecular complexity index is 1350. The van der Waals surface area contributed by atoms with E-state index in [1.165, 1.54) is 0 Å². The predicted octanol–water partition coefficient (Wildman–Crippen LogP) is 3.87. The molecule has 0 spiro atoms. The van der Waals surface area contributed by atoms with Gasteiger partial charge in [-0.1, -0.05) is 24.3 Å². The summed E-state index contributed by atoms with van der Waals surface area (Å²) in [5.74, 6) is 0.525. The first-order valence-electron chi connectivity index (χ1n) is 13.4. The van der Waals surface area contributed by atoms with Crippen LogP contribution in [-0.2, 0) is 4.74 Å². The molecule has 2 aliphatic heterocycles. The van der Waals surface area contributed by atoms with Crippen LogP contribution >= 0.6 is 0 Å². The van der Waals surface area contributed by atoms with Gasteiger partial charge < -0.3 is 20.3 Å². The molecule has 2 N–H and O–H groups in total. The first kappa shape index (κ1) is 23.9. The number of hydrogen-bond acceptors (Lipinski definition) is 6. The van der Waals surface area contributed by atoms with Gasteiger partial charge in [-0.2, -0.15) is 4.98 Å². The van der Waals surface area contributed by atoms with Crippen LogP contribution in [0.3, 0.4) is 0 Å². The Labute approximate surface area is 216 Å². The van der Waals surface area contributed by atoms with Gasteiger partial charge in [0.25, 0.3) is 5.56 Å². The van der Waals surface area contributed by atoms with Gasteiger partial charge in [-0.15, -0.1) is 0 Å². The zero-order chi connectivity index (χ0) is 25.4. The highest BCUT2D eigenvalue weighted by Crippen LogP contribution is 2.28. The van der Waals surface area contributed by atoms with Gasteiger partial charge in [0.1, 0.15) is 5.65 Å². The standard InChI is InChI=1S/C28H34N6O3/c1-18-4-2-3-5-23(18)24-16-19-17-29-27(32-25(19)34(26(24)35)22-10-14-37-15-11-22)30-21-8-12-33(13-9-21)28(36)31-20-6-7-20/h2-5,16-17,20-22H,6-15H2,1H3,(H,31,36)(H,29,30,32). The molecular formula is C28H34N6O3. The second-order valence-electron chi connectivity index (χ2n) is 10.5. The number of hydrogen-bond donors (Lipinski definition) is 2. The minimum atomic E-state index is -0.0201. The molecule has 0 atom stereocenters. The third kappa shape index (κ3) is 5.05. The minimum Gasteiger partial charge on any atom is -0.381 e. The lowest BCUT2D eigenvalue weighted by Gasteiger charge is -2.32. The fourth-order valence-corrected chi connectivity index (χ4v) is 5.44. The molecular weight excluding hydrogens is 468 g/mol. The van der Waals surface area contributed by atoms with E-state index in [0.717, 1.165) is 55.0 Å². The maximum Gasteiger partial charge on any atom is 0.317 e. The van der Waals surface area contributed by atoms with Crippen molar-refractivity contribution in [2.75, 3.05) is 31.6 Å². The quantitative estimate of drug-likeness (QED) is 0.549. The first-order valence-corrected chi connectivity index (χ1v) is 13.4. The maximum absolute atomic E-state index is 13.9. The van der Waals surface area contributed by atoms with Gasteiger partial charge in [0.05, 0.1) is 0 Å². The van der Waals surface area contributed by atoms with Gasteiger partial charge in [0.2, 0.25) is 5.95 Å². The number of pyridine rings is 1. The van der Waals surface area contributed by atoms with Crippen LogP contribution in [0.5, 0.6) is 0 Å². The second kappa shape index (κ2) is 10.1. The van der Waals surface area contributed by atoms with E-state index in [9.17, 15) is 9.59 Å². The molecule has 3 aliphatic rings. The summed E-state index contributed by atoms with van der Waals surface area (Å²) in [6.07, 6.45) is 7.22. The van der Waals surface area contributed by atoms with Gasteiger partial charge in [-0.05, 0) is 62.6 Å². The molecule has 2 amide bonds. The molecule has 3 aromatic rings. The number of carbonyl (C=O) groups excluding carboxylic acids is 1. The molecule has 6 rings (SSSR count). The van der Waals surface area contributed by atoms with Crippen molar-refractivity contribution in [2.24, 2.45) is 0 Å². The molecule has 0 radical (unpaired) electrons. The summed E-state index contributed by atoms with van der Waals surface area (Å²) in [6.45, 7) is 4.71. The topological polar surface area (TPSA) is 101 Å². The molecule has 2 aromatic heterocycles. The fraction of sp³-hybridized carbons (Fsp3) is 0.500. The van der Waals surface area contributed by atoms with E-state index in [2.05, 4.69) is 15.6 Å². The molecule has 0 unspecified atom stereocenters. The Kier molecular flexibility index (Phi) is 6.54. The molecule has 194 valence electrons. The van der Waals surface area contributed by atoms with Crippen LogP contribution in [0.4, 0.5) is 10.7 Å². The van der Waals surface area contributed by atoms with Crippen molar-refractivity contribution >= 4 is 23.0 Å². The monoisotopic (exact) mass is 502 g/mol. The van der Waals surface area contributed by atoms with Crippen molar-refractivity contribution < 1.29 is 9.53 Å². The SMILES string of the molecule is Cc1ccccc1-c1cc2cnc(NC3CCN(C(=O)NC4CC4)CC3)nc2n(C2CCOCC2)c1=O. The molecule has 9 nitrogen and oxygen atoms in total. The molecule has 0 bridgehead atoms. The van der Waals surface area contributed by atoms with E-state index in [1.807, 2.05) is 52.9 Å². The lowest BCUT2D eigenvalue weighted by atomic mass is 10.00. The molecule has 1 saturated carbocycles. The number of amides is 2. The van der Waals surface area contributed by atoms with Gasteiger partial charge in [-0.3, -0.25) is 9.36 Å². The summed E-state index contributed by atoms with van der Waals surface area (Å²) in [7, 11) is 0. The molecule has 37 heavy (non-hydrogen) atoms. The van der Waals surface area contributed by atoms with Crippen LogP contribution in [0.15, 0.2) is 41.3 Å². The summed E-state index contributed by atoms with van der Waals surface area (Å²) < 4.78 is 7.46. The van der Waals surface area contributed by atoms with Crippen molar-refractivity contribution in [3.8, 4) is 11.1 Å². The number of benzene rings is 1. The summed E-state index contributed by atoms with van der Waals surface area (Å²) in [4.78, 5) is 37.7. The zero-order valence-corrected chi connectivity index (χ0v) is 21.3. The van der Waals surface area contributed by atoms with Crippen molar-refractivity contribution in [2.45, 2.75) is 63.6 Å². The van der Waals surface area contributed by atoms with Crippen molar-refractivity contribution in [1.29, 1.82) is 0 Å². The number of anilines is 1. The van der Waals surface area contributed by atoms with Crippen LogP contribution in [0.1, 0.15) is 50.1 Å². The number of carbonyl (C=O) groups is 1. The lowest BCUT2D eigenvalue weighted by molar-refractivity contribution is 0.0697. The van der Waals surface area contributed by atoms with E-state index in [0.29, 0.717) is 49.5 Å². The lowest BCUT2D eigenvalue weighted by Crippen LogP contribution is -2.47. The Morgan fingerprint density at radius 3 is 2.49 bits per heavy atom. The number of nitrogens with zero attached hydrogens (tertiary/aromatic N) is 4. The first-order chi connectivity index (χ1) is 18.1. The molecule has 2 saturated heterocycles. The van der Waals surface area contributed by atoms with Gasteiger partial charge in [0, 0.05) is 61.6 Å². The summed E-state index contributed by atoms with van der Waals surface area (Å²) in [5, 5.41) is 7.39. The number of ether oxygens (including phenoxy) is 1. The number of urea groups is 1. The molecule has 1 aliphatic carbocycles. The normalized spacial score (nSPS) is 19.2. The van der Waals surface area contributed by atoms with Gasteiger partial charge >= 0.3 is 6.03 Å². The third-order valence-corrected chi connectivity index (χ3v) is 7.78. The highest BCUT2D eigenvalue weighted by molar-refractivity contribution is 5.82. The van der Waals surface area contributed by atoms with Gasteiger partial charge in [-0.25, -0.2) is 9.78 Å². The van der Waals surface area contributed by atoms with Crippen LogP contribution in [0.2, 0.25) is 0 Å². The maximum atomic E-state index is 13.9. The molecule has 3 fully saturated rings. The third-order valence-electron chi connectivity index (χ3n) is 7.78. The van der Waals surface area contributed by atoms with Crippen LogP contribution in [0, 0.1) is 6.92 Å². The zero-order valence-electron chi connectivity index (χ0n) is 21.3.